The number of hydrogen-bond acceptors (Lipinski definition) is 4. The molecule has 0 atom stereocenters. The number of rotatable bonds is 16. The molecular formula is C100H68F4N4. The molecule has 516 valence electrons. The van der Waals surface area contributed by atoms with E-state index >= 15 is 17.6 Å². The molecule has 18 aromatic carbocycles. The van der Waals surface area contributed by atoms with Crippen LogP contribution in [0, 0.1) is 23.3 Å². The number of hydrogen-bond donors (Lipinski definition) is 0. The van der Waals surface area contributed by atoms with Gasteiger partial charge in [0, 0.05) is 112 Å². The van der Waals surface area contributed by atoms with Crippen molar-refractivity contribution in [3.05, 3.63) is 436 Å². The number of benzene rings is 18. The number of anilines is 12. The van der Waals surface area contributed by atoms with E-state index in [4.69, 9.17) is 0 Å². The van der Waals surface area contributed by atoms with Gasteiger partial charge in [0.25, 0.3) is 0 Å². The number of para-hydroxylation sites is 6. The Bertz CT molecular complexity index is 6090. The van der Waals surface area contributed by atoms with Crippen LogP contribution < -0.4 is 19.6 Å². The highest BCUT2D eigenvalue weighted by Gasteiger charge is 2.28. The molecule has 8 heteroatoms. The Hall–Kier alpha value is -14.1. The van der Waals surface area contributed by atoms with Crippen LogP contribution >= 0.6 is 0 Å². The molecule has 0 saturated heterocycles. The van der Waals surface area contributed by atoms with Crippen LogP contribution in [0.25, 0.3) is 87.6 Å². The van der Waals surface area contributed by atoms with Gasteiger partial charge in [0.2, 0.25) is 0 Å². The summed E-state index contributed by atoms with van der Waals surface area (Å²) in [5.41, 5.74) is 16.8. The molecule has 0 radical (unpaired) electrons. The van der Waals surface area contributed by atoms with E-state index in [1.54, 1.807) is 24.3 Å². The fourth-order valence-electron chi connectivity index (χ4n) is 15.2. The molecule has 0 bridgehead atoms. The Balaban J connectivity index is 0.000000158. The summed E-state index contributed by atoms with van der Waals surface area (Å²) in [5, 5.41) is 6.71. The fraction of sp³-hybridized carbons (Fsp3) is 0. The standard InChI is InChI=1S/2C50H34F2N2/c51-45-28-14-12-25-42(45)48-40-23-10-11-24-41(40)49(43-26-13-15-29-46(43)52)50-44(48)27-16-30-47(50)54(37-21-8-3-9-22-37)39-33-31-38(32-34-39)53(35-17-4-1-5-18-35)36-19-6-2-7-20-36;51-47-26-14-12-24-44(47)49-41-22-10-11-23-42(41)50(45-25-13-15-27-48(45)52)46-34-40(32-33-43(46)49)54(37-20-8-3-9-21-37)39-30-28-38(29-31-39)53(35-16-4-1-5-17-35)36-18-6-2-7-19-36/h2*1-34H. The van der Waals surface area contributed by atoms with Gasteiger partial charge in [0.15, 0.2) is 0 Å². The average Bonchev–Trinajstić information content (AvgIpc) is 0.723. The molecule has 18 aromatic rings. The van der Waals surface area contributed by atoms with E-state index in [0.717, 1.165) is 134 Å². The molecule has 0 unspecified atom stereocenters. The van der Waals surface area contributed by atoms with Crippen LogP contribution in [0.5, 0.6) is 0 Å². The molecule has 0 saturated carbocycles. The third-order valence-corrected chi connectivity index (χ3v) is 19.9. The van der Waals surface area contributed by atoms with E-state index in [-0.39, 0.29) is 23.3 Å². The predicted molar refractivity (Wildman–Crippen MR) is 443 cm³/mol. The van der Waals surface area contributed by atoms with Gasteiger partial charge in [-0.05, 0) is 201 Å². The molecule has 108 heavy (non-hydrogen) atoms. The number of nitrogens with zero attached hydrogens (tertiary/aromatic N) is 4. The van der Waals surface area contributed by atoms with Crippen LogP contribution in [0.1, 0.15) is 0 Å². The Morgan fingerprint density at radius 1 is 0.148 bits per heavy atom. The quantitative estimate of drug-likeness (QED) is 0.0706. The molecule has 4 nitrogen and oxygen atoms in total. The van der Waals surface area contributed by atoms with Crippen molar-refractivity contribution < 1.29 is 17.6 Å². The summed E-state index contributed by atoms with van der Waals surface area (Å²) >= 11 is 0. The van der Waals surface area contributed by atoms with Crippen LogP contribution in [0.15, 0.2) is 413 Å². The minimum Gasteiger partial charge on any atom is -0.311 e. The molecule has 0 fully saturated rings. The normalized spacial score (nSPS) is 11.1. The van der Waals surface area contributed by atoms with Crippen LogP contribution in [0.3, 0.4) is 0 Å². The van der Waals surface area contributed by atoms with E-state index in [1.807, 2.05) is 218 Å². The third-order valence-electron chi connectivity index (χ3n) is 19.9. The minimum absolute atomic E-state index is 0.308. The zero-order chi connectivity index (χ0) is 72.9. The van der Waals surface area contributed by atoms with Crippen molar-refractivity contribution in [2.24, 2.45) is 0 Å². The topological polar surface area (TPSA) is 13.0 Å². The summed E-state index contributed by atoms with van der Waals surface area (Å²) in [4.78, 5) is 8.90. The maximum absolute atomic E-state index is 16.1. The van der Waals surface area contributed by atoms with E-state index in [2.05, 4.69) is 165 Å². The Morgan fingerprint density at radius 3 is 0.713 bits per heavy atom. The second-order valence-electron chi connectivity index (χ2n) is 26.3. The lowest BCUT2D eigenvalue weighted by Crippen LogP contribution is -2.12. The molecule has 0 aliphatic heterocycles. The van der Waals surface area contributed by atoms with Gasteiger partial charge in [-0.3, -0.25) is 0 Å². The monoisotopic (exact) mass is 1400 g/mol. The van der Waals surface area contributed by atoms with Crippen LogP contribution in [-0.4, -0.2) is 0 Å². The van der Waals surface area contributed by atoms with E-state index in [1.165, 1.54) is 24.3 Å². The second-order valence-corrected chi connectivity index (χ2v) is 26.3. The van der Waals surface area contributed by atoms with Gasteiger partial charge in [-0.25, -0.2) is 17.6 Å². The summed E-state index contributed by atoms with van der Waals surface area (Å²) in [6.45, 7) is 0. The van der Waals surface area contributed by atoms with E-state index < -0.39 is 0 Å². The van der Waals surface area contributed by atoms with Gasteiger partial charge in [-0.15, -0.1) is 0 Å². The van der Waals surface area contributed by atoms with Crippen molar-refractivity contribution in [2.75, 3.05) is 19.6 Å². The van der Waals surface area contributed by atoms with Crippen molar-refractivity contribution in [2.45, 2.75) is 0 Å². The lowest BCUT2D eigenvalue weighted by Gasteiger charge is -2.30. The van der Waals surface area contributed by atoms with Crippen molar-refractivity contribution in [1.82, 2.24) is 0 Å². The fourth-order valence-corrected chi connectivity index (χ4v) is 15.2. The van der Waals surface area contributed by atoms with Gasteiger partial charge in [0.05, 0.1) is 5.69 Å². The summed E-state index contributed by atoms with van der Waals surface area (Å²) in [7, 11) is 0. The average molecular weight is 1400 g/mol. The first-order valence-electron chi connectivity index (χ1n) is 36.0. The number of fused-ring (bicyclic) bond motifs is 4. The molecule has 18 rings (SSSR count). The number of halogens is 4. The Labute approximate surface area is 625 Å². The first-order valence-corrected chi connectivity index (χ1v) is 36.0. The van der Waals surface area contributed by atoms with Gasteiger partial charge >= 0.3 is 0 Å². The first-order chi connectivity index (χ1) is 53.3. The maximum atomic E-state index is 16.1. The van der Waals surface area contributed by atoms with Crippen LogP contribution in [0.2, 0.25) is 0 Å². The van der Waals surface area contributed by atoms with Gasteiger partial charge in [-0.1, -0.05) is 249 Å². The van der Waals surface area contributed by atoms with Crippen LogP contribution in [-0.2, 0) is 0 Å². The predicted octanol–water partition coefficient (Wildman–Crippen LogP) is 29.1. The van der Waals surface area contributed by atoms with Crippen molar-refractivity contribution in [1.29, 1.82) is 0 Å². The molecule has 0 spiro atoms. The minimum atomic E-state index is -0.324. The molecule has 0 heterocycles. The second kappa shape index (κ2) is 29.9. The molecule has 0 N–H and O–H groups in total. The van der Waals surface area contributed by atoms with Gasteiger partial charge < -0.3 is 19.6 Å². The molecule has 0 aromatic heterocycles. The highest BCUT2D eigenvalue weighted by molar-refractivity contribution is 6.26. The highest BCUT2D eigenvalue weighted by Crippen LogP contribution is 2.52. The smallest absolute Gasteiger partial charge is 0.131 e. The maximum Gasteiger partial charge on any atom is 0.131 e. The van der Waals surface area contributed by atoms with Crippen molar-refractivity contribution >= 4 is 111 Å². The highest BCUT2D eigenvalue weighted by atomic mass is 19.1. The summed E-state index contributed by atoms with van der Waals surface area (Å²) < 4.78 is 63.6. The first kappa shape index (κ1) is 67.1. The summed E-state index contributed by atoms with van der Waals surface area (Å²) in [6, 6.07) is 135. The lowest BCUT2D eigenvalue weighted by atomic mass is 9.84. The van der Waals surface area contributed by atoms with Gasteiger partial charge in [-0.2, -0.15) is 0 Å². The van der Waals surface area contributed by atoms with Crippen molar-refractivity contribution in [3.8, 4) is 44.5 Å². The Kier molecular flexibility index (Phi) is 18.6. The third kappa shape index (κ3) is 12.9. The SMILES string of the molecule is Fc1ccccc1-c1c2ccccc2c(-c2ccccc2F)c2c(N(c3ccccc3)c3ccc(N(c4ccccc4)c4ccccc4)cc3)cccc12.Fc1ccccc1-c1c2ccccc2c(-c2ccccc2F)c2cc(N(c3ccccc3)c3ccc(N(c4ccccc4)c4ccccc4)cc3)ccc12. The zero-order valence-electron chi connectivity index (χ0n) is 58.6. The lowest BCUT2D eigenvalue weighted by molar-refractivity contribution is 0.631. The zero-order valence-corrected chi connectivity index (χ0v) is 58.6. The van der Waals surface area contributed by atoms with E-state index in [9.17, 15) is 0 Å². The molecule has 0 amide bonds. The van der Waals surface area contributed by atoms with Crippen molar-refractivity contribution in [3.63, 3.8) is 0 Å². The largest absolute Gasteiger partial charge is 0.311 e. The molecular weight excluding hydrogens is 1330 g/mol. The van der Waals surface area contributed by atoms with Gasteiger partial charge in [0.1, 0.15) is 23.3 Å². The Morgan fingerprint density at radius 2 is 0.370 bits per heavy atom. The van der Waals surface area contributed by atoms with Crippen LogP contribution in [0.4, 0.5) is 85.8 Å². The molecule has 0 aliphatic rings. The van der Waals surface area contributed by atoms with E-state index in [0.29, 0.717) is 22.3 Å². The summed E-state index contributed by atoms with van der Waals surface area (Å²) in [5.74, 6) is -1.26. The summed E-state index contributed by atoms with van der Waals surface area (Å²) in [6.07, 6.45) is 0. The molecule has 0 aliphatic carbocycles.